The van der Waals surface area contributed by atoms with Crippen LogP contribution in [-0.4, -0.2) is 18.1 Å². The van der Waals surface area contributed by atoms with Crippen LogP contribution in [0.25, 0.3) is 0 Å². The van der Waals surface area contributed by atoms with Crippen LogP contribution < -0.4 is 10.5 Å². The Balaban J connectivity index is 0.00000225. The molecular weight excluding hydrogens is 240 g/mol. The molecule has 0 aliphatic rings. The Morgan fingerprint density at radius 1 is 1.44 bits per heavy atom. The SMILES string of the molecule is CCOc1cc([C@@H](N)C(F)F)ccc1O.Cl. The fourth-order valence-electron chi connectivity index (χ4n) is 1.15. The number of rotatable bonds is 4. The summed E-state index contributed by atoms with van der Waals surface area (Å²) in [4.78, 5) is 0. The second-order valence-corrected chi connectivity index (χ2v) is 3.02. The number of ether oxygens (including phenoxy) is 1. The molecule has 3 nitrogen and oxygen atoms in total. The number of halogens is 3. The summed E-state index contributed by atoms with van der Waals surface area (Å²) in [6.07, 6.45) is -2.64. The molecule has 0 aliphatic heterocycles. The average molecular weight is 254 g/mol. The summed E-state index contributed by atoms with van der Waals surface area (Å²) in [6.45, 7) is 2.08. The van der Waals surface area contributed by atoms with Crippen LogP contribution in [-0.2, 0) is 0 Å². The molecule has 0 heterocycles. The molecule has 0 fully saturated rings. The molecule has 0 saturated carbocycles. The van der Waals surface area contributed by atoms with Gasteiger partial charge in [0.1, 0.15) is 0 Å². The second kappa shape index (κ2) is 6.50. The fraction of sp³-hybridized carbons (Fsp3) is 0.400. The van der Waals surface area contributed by atoms with E-state index in [4.69, 9.17) is 10.5 Å². The van der Waals surface area contributed by atoms with E-state index in [0.29, 0.717) is 6.61 Å². The zero-order chi connectivity index (χ0) is 11.4. The monoisotopic (exact) mass is 253 g/mol. The van der Waals surface area contributed by atoms with Gasteiger partial charge >= 0.3 is 0 Å². The van der Waals surface area contributed by atoms with Crippen LogP contribution in [0, 0.1) is 0 Å². The number of hydrogen-bond donors (Lipinski definition) is 2. The number of benzene rings is 1. The van der Waals surface area contributed by atoms with Crippen LogP contribution in [0.15, 0.2) is 18.2 Å². The van der Waals surface area contributed by atoms with Gasteiger partial charge in [-0.1, -0.05) is 6.07 Å². The second-order valence-electron chi connectivity index (χ2n) is 3.02. The molecule has 0 bridgehead atoms. The first-order valence-corrected chi connectivity index (χ1v) is 4.55. The van der Waals surface area contributed by atoms with Crippen molar-refractivity contribution in [2.45, 2.75) is 19.4 Å². The highest BCUT2D eigenvalue weighted by Crippen LogP contribution is 2.30. The van der Waals surface area contributed by atoms with Gasteiger partial charge in [0.05, 0.1) is 12.6 Å². The molecule has 6 heteroatoms. The van der Waals surface area contributed by atoms with Crippen molar-refractivity contribution in [2.75, 3.05) is 6.61 Å². The van der Waals surface area contributed by atoms with Crippen molar-refractivity contribution in [3.63, 3.8) is 0 Å². The molecule has 0 spiro atoms. The van der Waals surface area contributed by atoms with Gasteiger partial charge in [0.25, 0.3) is 6.43 Å². The van der Waals surface area contributed by atoms with E-state index in [0.717, 1.165) is 0 Å². The van der Waals surface area contributed by atoms with Crippen LogP contribution in [0.2, 0.25) is 0 Å². The molecule has 1 atom stereocenters. The van der Waals surface area contributed by atoms with E-state index >= 15 is 0 Å². The molecule has 0 amide bonds. The molecular formula is C10H14ClF2NO2. The molecule has 0 radical (unpaired) electrons. The minimum Gasteiger partial charge on any atom is -0.504 e. The molecule has 16 heavy (non-hydrogen) atoms. The quantitative estimate of drug-likeness (QED) is 0.867. The van der Waals surface area contributed by atoms with Gasteiger partial charge in [-0.25, -0.2) is 8.78 Å². The van der Waals surface area contributed by atoms with Crippen LogP contribution in [0.3, 0.4) is 0 Å². The Morgan fingerprint density at radius 3 is 2.56 bits per heavy atom. The van der Waals surface area contributed by atoms with Crippen molar-refractivity contribution in [2.24, 2.45) is 5.73 Å². The smallest absolute Gasteiger partial charge is 0.257 e. The molecule has 0 aromatic heterocycles. The number of aromatic hydroxyl groups is 1. The first-order chi connectivity index (χ1) is 7.06. The topological polar surface area (TPSA) is 55.5 Å². The highest BCUT2D eigenvalue weighted by Gasteiger charge is 2.18. The third-order valence-corrected chi connectivity index (χ3v) is 1.94. The summed E-state index contributed by atoms with van der Waals surface area (Å²) in [5.74, 6) is 0.0909. The molecule has 1 aromatic rings. The van der Waals surface area contributed by atoms with Crippen molar-refractivity contribution >= 4 is 12.4 Å². The van der Waals surface area contributed by atoms with Crippen molar-refractivity contribution in [1.82, 2.24) is 0 Å². The lowest BCUT2D eigenvalue weighted by atomic mass is 10.1. The number of nitrogens with two attached hydrogens (primary N) is 1. The maximum atomic E-state index is 12.3. The van der Waals surface area contributed by atoms with E-state index in [-0.39, 0.29) is 29.5 Å². The minimum absolute atomic E-state index is 0. The van der Waals surface area contributed by atoms with E-state index in [1.54, 1.807) is 6.92 Å². The maximum absolute atomic E-state index is 12.3. The summed E-state index contributed by atoms with van der Waals surface area (Å²) in [5, 5.41) is 9.33. The van der Waals surface area contributed by atoms with E-state index in [9.17, 15) is 13.9 Å². The molecule has 0 saturated heterocycles. The number of phenolic OH excluding ortho intramolecular Hbond substituents is 1. The first kappa shape index (κ1) is 14.9. The standard InChI is InChI=1S/C10H13F2NO2.ClH/c1-2-15-8-5-6(3-4-7(8)14)9(13)10(11)12;/h3-5,9-10,14H,2,13H2,1H3;1H/t9-;/m1./s1. The van der Waals surface area contributed by atoms with Crippen LogP contribution in [0.5, 0.6) is 11.5 Å². The Labute approximate surface area is 98.6 Å². The third-order valence-electron chi connectivity index (χ3n) is 1.94. The molecule has 0 unspecified atom stereocenters. The van der Waals surface area contributed by atoms with Gasteiger partial charge in [0.2, 0.25) is 0 Å². The third kappa shape index (κ3) is 3.50. The first-order valence-electron chi connectivity index (χ1n) is 4.55. The van der Waals surface area contributed by atoms with E-state index in [1.807, 2.05) is 0 Å². The van der Waals surface area contributed by atoms with Crippen molar-refractivity contribution in [1.29, 1.82) is 0 Å². The van der Waals surface area contributed by atoms with Gasteiger partial charge in [-0.3, -0.25) is 0 Å². The summed E-state index contributed by atoms with van der Waals surface area (Å²) in [6, 6.07) is 2.62. The van der Waals surface area contributed by atoms with Crippen molar-refractivity contribution in [3.05, 3.63) is 23.8 Å². The Kier molecular flexibility index (Phi) is 6.06. The molecule has 0 aliphatic carbocycles. The predicted molar refractivity (Wildman–Crippen MR) is 59.5 cm³/mol. The molecule has 92 valence electrons. The lowest BCUT2D eigenvalue weighted by Crippen LogP contribution is -2.18. The summed E-state index contributed by atoms with van der Waals surface area (Å²) >= 11 is 0. The maximum Gasteiger partial charge on any atom is 0.257 e. The highest BCUT2D eigenvalue weighted by atomic mass is 35.5. The number of alkyl halides is 2. The fourth-order valence-corrected chi connectivity index (χ4v) is 1.15. The van der Waals surface area contributed by atoms with Gasteiger partial charge in [-0.2, -0.15) is 0 Å². The van der Waals surface area contributed by atoms with Gasteiger partial charge < -0.3 is 15.6 Å². The Bertz CT molecular complexity index is 337. The summed E-state index contributed by atoms with van der Waals surface area (Å²) in [5.41, 5.74) is 5.51. The lowest BCUT2D eigenvalue weighted by molar-refractivity contribution is 0.116. The summed E-state index contributed by atoms with van der Waals surface area (Å²) in [7, 11) is 0. The zero-order valence-corrected chi connectivity index (χ0v) is 9.51. The van der Waals surface area contributed by atoms with Crippen LogP contribution in [0.1, 0.15) is 18.5 Å². The Morgan fingerprint density at radius 2 is 2.06 bits per heavy atom. The van der Waals surface area contributed by atoms with Crippen LogP contribution in [0.4, 0.5) is 8.78 Å². The largest absolute Gasteiger partial charge is 0.504 e. The summed E-state index contributed by atoms with van der Waals surface area (Å²) < 4.78 is 29.7. The molecule has 3 N–H and O–H groups in total. The predicted octanol–water partition coefficient (Wildman–Crippen LogP) is 2.48. The number of phenols is 1. The van der Waals surface area contributed by atoms with Crippen LogP contribution >= 0.6 is 12.4 Å². The molecule has 1 rings (SSSR count). The molecule has 1 aromatic carbocycles. The van der Waals surface area contributed by atoms with Gasteiger partial charge in [-0.15, -0.1) is 12.4 Å². The zero-order valence-electron chi connectivity index (χ0n) is 8.69. The van der Waals surface area contributed by atoms with E-state index in [2.05, 4.69) is 0 Å². The van der Waals surface area contributed by atoms with E-state index in [1.165, 1.54) is 18.2 Å². The van der Waals surface area contributed by atoms with Crippen molar-refractivity contribution in [3.8, 4) is 11.5 Å². The Hall–Kier alpha value is -1.07. The highest BCUT2D eigenvalue weighted by molar-refractivity contribution is 5.85. The average Bonchev–Trinajstić information content (AvgIpc) is 2.20. The van der Waals surface area contributed by atoms with Gasteiger partial charge in [0, 0.05) is 0 Å². The normalized spacial score (nSPS) is 12.1. The minimum atomic E-state index is -2.64. The van der Waals surface area contributed by atoms with Gasteiger partial charge in [0.15, 0.2) is 11.5 Å². The van der Waals surface area contributed by atoms with E-state index < -0.39 is 12.5 Å². The lowest BCUT2D eigenvalue weighted by Gasteiger charge is -2.13. The number of hydrogen-bond acceptors (Lipinski definition) is 3. The van der Waals surface area contributed by atoms with Gasteiger partial charge in [-0.05, 0) is 24.6 Å². The van der Waals surface area contributed by atoms with Crippen molar-refractivity contribution < 1.29 is 18.6 Å².